The highest BCUT2D eigenvalue weighted by Crippen LogP contribution is 2.32. The number of benzene rings is 2. The number of nitrogens with one attached hydrogen (secondary N) is 1. The monoisotopic (exact) mass is 348 g/mol. The number of morpholine rings is 1. The van der Waals surface area contributed by atoms with Gasteiger partial charge < -0.3 is 15.0 Å². The molecule has 1 aliphatic heterocycles. The van der Waals surface area contributed by atoms with Gasteiger partial charge in [-0.2, -0.15) is 5.10 Å². The maximum Gasteiger partial charge on any atom is 0.163 e. The second kappa shape index (κ2) is 6.12. The van der Waals surface area contributed by atoms with E-state index in [4.69, 9.17) is 15.5 Å². The fourth-order valence-electron chi connectivity index (χ4n) is 3.60. The Bertz CT molecular complexity index is 1080. The van der Waals surface area contributed by atoms with Crippen molar-refractivity contribution in [2.24, 2.45) is 0 Å². The van der Waals surface area contributed by atoms with Gasteiger partial charge >= 0.3 is 0 Å². The van der Waals surface area contributed by atoms with E-state index in [1.54, 1.807) is 0 Å². The first-order chi connectivity index (χ1) is 12.8. The summed E-state index contributed by atoms with van der Waals surface area (Å²) in [5.41, 5.74) is 10.7. The third kappa shape index (κ3) is 2.44. The number of para-hydroxylation sites is 2. The van der Waals surface area contributed by atoms with Gasteiger partial charge in [0.1, 0.15) is 5.69 Å². The molecule has 0 atom stereocenters. The molecule has 3 N–H and O–H groups in total. The molecule has 0 bridgehead atoms. The highest BCUT2D eigenvalue weighted by Gasteiger charge is 2.21. The first-order valence-corrected chi connectivity index (χ1v) is 8.79. The van der Waals surface area contributed by atoms with Gasteiger partial charge in [-0.05, 0) is 24.3 Å². The maximum atomic E-state index is 6.24. The molecule has 0 aliphatic carbocycles. The Balaban J connectivity index is 1.70. The second-order valence-electron chi connectivity index (χ2n) is 6.57. The first-order valence-electron chi connectivity index (χ1n) is 8.79. The van der Waals surface area contributed by atoms with E-state index in [0.717, 1.165) is 66.4 Å². The van der Waals surface area contributed by atoms with Crippen molar-refractivity contribution in [3.05, 3.63) is 42.5 Å². The quantitative estimate of drug-likeness (QED) is 0.556. The Kier molecular flexibility index (Phi) is 3.62. The van der Waals surface area contributed by atoms with Crippen LogP contribution in [0.4, 0.5) is 5.69 Å². The van der Waals surface area contributed by atoms with Crippen LogP contribution in [0.25, 0.3) is 33.5 Å². The number of hydrogen-bond acceptors (Lipinski definition) is 5. The summed E-state index contributed by atoms with van der Waals surface area (Å²) in [5.74, 6) is 0.835. The molecule has 2 aromatic heterocycles. The molecule has 2 aromatic carbocycles. The van der Waals surface area contributed by atoms with Gasteiger partial charge in [0, 0.05) is 18.8 Å². The van der Waals surface area contributed by atoms with Crippen LogP contribution in [-0.2, 0) is 11.4 Å². The molecule has 5 rings (SSSR count). The van der Waals surface area contributed by atoms with Crippen LogP contribution in [0, 0.1) is 0 Å². The van der Waals surface area contributed by atoms with Gasteiger partial charge in [0.2, 0.25) is 0 Å². The number of H-pyrrole nitrogens is 1. The molecule has 1 aliphatic rings. The Labute approximate surface area is 150 Å². The zero-order valence-corrected chi connectivity index (χ0v) is 14.4. The predicted octanol–water partition coefficient (Wildman–Crippen LogP) is 2.45. The van der Waals surface area contributed by atoms with E-state index in [0.29, 0.717) is 5.69 Å². The molecule has 1 saturated heterocycles. The Morgan fingerprint density at radius 3 is 2.81 bits per heavy atom. The third-order valence-corrected chi connectivity index (χ3v) is 4.93. The molecule has 3 heterocycles. The molecule has 4 aromatic rings. The zero-order valence-electron chi connectivity index (χ0n) is 14.4. The predicted molar refractivity (Wildman–Crippen MR) is 102 cm³/mol. The first kappa shape index (κ1) is 15.4. The minimum absolute atomic E-state index is 0.705. The van der Waals surface area contributed by atoms with Crippen LogP contribution >= 0.6 is 0 Å². The van der Waals surface area contributed by atoms with Crippen molar-refractivity contribution in [1.29, 1.82) is 0 Å². The van der Waals surface area contributed by atoms with E-state index >= 15 is 0 Å². The van der Waals surface area contributed by atoms with Crippen molar-refractivity contribution in [2.45, 2.75) is 6.67 Å². The number of ether oxygens (including phenoxy) is 1. The van der Waals surface area contributed by atoms with E-state index in [-0.39, 0.29) is 0 Å². The van der Waals surface area contributed by atoms with E-state index in [1.807, 2.05) is 36.4 Å². The lowest BCUT2D eigenvalue weighted by Gasteiger charge is -2.27. The lowest BCUT2D eigenvalue weighted by Crippen LogP contribution is -2.37. The Morgan fingerprint density at radius 2 is 1.92 bits per heavy atom. The van der Waals surface area contributed by atoms with Crippen LogP contribution < -0.4 is 5.73 Å². The fourth-order valence-corrected chi connectivity index (χ4v) is 3.60. The number of aromatic amines is 1. The molecule has 1 fully saturated rings. The minimum atomic E-state index is 0.705. The van der Waals surface area contributed by atoms with Gasteiger partial charge in [-0.3, -0.25) is 10.00 Å². The molecule has 26 heavy (non-hydrogen) atoms. The van der Waals surface area contributed by atoms with Crippen molar-refractivity contribution < 1.29 is 4.74 Å². The summed E-state index contributed by atoms with van der Waals surface area (Å²) in [6.45, 7) is 4.10. The van der Waals surface area contributed by atoms with Gasteiger partial charge in [-0.15, -0.1) is 0 Å². The molecule has 0 spiro atoms. The van der Waals surface area contributed by atoms with Crippen LogP contribution in [0.1, 0.15) is 0 Å². The van der Waals surface area contributed by atoms with Crippen LogP contribution in [-0.4, -0.2) is 51.0 Å². The van der Waals surface area contributed by atoms with Gasteiger partial charge in [0.15, 0.2) is 5.82 Å². The summed E-state index contributed by atoms with van der Waals surface area (Å²) in [4.78, 5) is 7.25. The van der Waals surface area contributed by atoms with Crippen molar-refractivity contribution in [1.82, 2.24) is 24.6 Å². The normalized spacial score (nSPS) is 15.8. The van der Waals surface area contributed by atoms with Gasteiger partial charge in [0.25, 0.3) is 0 Å². The SMILES string of the molecule is Nc1cccc2[nH]nc(-c3nc4ccccc4n3CN3CCOCC3)c12. The molecule has 0 radical (unpaired) electrons. The topological polar surface area (TPSA) is 85.0 Å². The Hall–Kier alpha value is -2.90. The number of anilines is 1. The van der Waals surface area contributed by atoms with E-state index in [9.17, 15) is 0 Å². The molecule has 0 unspecified atom stereocenters. The number of nitrogens with two attached hydrogens (primary N) is 1. The highest BCUT2D eigenvalue weighted by molar-refractivity contribution is 6.01. The number of hydrogen-bond donors (Lipinski definition) is 2. The van der Waals surface area contributed by atoms with Crippen LogP contribution in [0.3, 0.4) is 0 Å². The maximum absolute atomic E-state index is 6.24. The Morgan fingerprint density at radius 1 is 1.08 bits per heavy atom. The summed E-state index contributed by atoms with van der Waals surface area (Å²) in [7, 11) is 0. The van der Waals surface area contributed by atoms with Crippen molar-refractivity contribution in [3.8, 4) is 11.5 Å². The van der Waals surface area contributed by atoms with Crippen molar-refractivity contribution >= 4 is 27.6 Å². The number of nitrogen functional groups attached to an aromatic ring is 1. The van der Waals surface area contributed by atoms with Gasteiger partial charge in [-0.1, -0.05) is 18.2 Å². The summed E-state index contributed by atoms with van der Waals surface area (Å²) in [5, 5.41) is 8.55. The van der Waals surface area contributed by atoms with Crippen LogP contribution in [0.5, 0.6) is 0 Å². The van der Waals surface area contributed by atoms with Crippen LogP contribution in [0.15, 0.2) is 42.5 Å². The highest BCUT2D eigenvalue weighted by atomic mass is 16.5. The summed E-state index contributed by atoms with van der Waals surface area (Å²) < 4.78 is 7.71. The molecule has 7 nitrogen and oxygen atoms in total. The largest absolute Gasteiger partial charge is 0.398 e. The number of imidazole rings is 1. The van der Waals surface area contributed by atoms with Crippen molar-refractivity contribution in [2.75, 3.05) is 32.0 Å². The van der Waals surface area contributed by atoms with Crippen LogP contribution in [0.2, 0.25) is 0 Å². The molecular formula is C19H20N6O. The van der Waals surface area contributed by atoms with Crippen molar-refractivity contribution in [3.63, 3.8) is 0 Å². The summed E-state index contributed by atoms with van der Waals surface area (Å²) in [6.07, 6.45) is 0. The van der Waals surface area contributed by atoms with Gasteiger partial charge in [-0.25, -0.2) is 4.98 Å². The average Bonchev–Trinajstić information content (AvgIpc) is 3.25. The van der Waals surface area contributed by atoms with E-state index in [2.05, 4.69) is 25.7 Å². The standard InChI is InChI=1S/C19H20N6O/c20-13-4-3-6-15-17(13)18(23-22-15)19-21-14-5-1-2-7-16(14)25(19)12-24-8-10-26-11-9-24/h1-7H,8-12,20H2,(H,22,23). The molecule has 0 amide bonds. The summed E-state index contributed by atoms with van der Waals surface area (Å²) in [6, 6.07) is 14.0. The lowest BCUT2D eigenvalue weighted by molar-refractivity contribution is 0.0243. The lowest BCUT2D eigenvalue weighted by atomic mass is 10.1. The van der Waals surface area contributed by atoms with Gasteiger partial charge in [0.05, 0.1) is 41.8 Å². The number of nitrogens with zero attached hydrogens (tertiary/aromatic N) is 4. The summed E-state index contributed by atoms with van der Waals surface area (Å²) >= 11 is 0. The number of fused-ring (bicyclic) bond motifs is 2. The molecule has 0 saturated carbocycles. The smallest absolute Gasteiger partial charge is 0.163 e. The number of rotatable bonds is 3. The average molecular weight is 348 g/mol. The minimum Gasteiger partial charge on any atom is -0.398 e. The molecule has 132 valence electrons. The van der Waals surface area contributed by atoms with E-state index in [1.165, 1.54) is 0 Å². The fraction of sp³-hybridized carbons (Fsp3) is 0.263. The number of aromatic nitrogens is 4. The third-order valence-electron chi connectivity index (χ3n) is 4.93. The van der Waals surface area contributed by atoms with E-state index < -0.39 is 0 Å². The zero-order chi connectivity index (χ0) is 17.5. The second-order valence-corrected chi connectivity index (χ2v) is 6.57. The molecular weight excluding hydrogens is 328 g/mol. The molecule has 7 heteroatoms.